The van der Waals surface area contributed by atoms with Gasteiger partial charge in [0.25, 0.3) is 10.2 Å². The van der Waals surface area contributed by atoms with Crippen LogP contribution in [0.4, 0.5) is 0 Å². The summed E-state index contributed by atoms with van der Waals surface area (Å²) in [4.78, 5) is 0. The van der Waals surface area contributed by atoms with Crippen molar-refractivity contribution in [3.63, 3.8) is 0 Å². The van der Waals surface area contributed by atoms with Gasteiger partial charge in [0.1, 0.15) is 0 Å². The molecule has 7 heteroatoms. The predicted octanol–water partition coefficient (Wildman–Crippen LogP) is 0.925. The molecule has 1 unspecified atom stereocenters. The van der Waals surface area contributed by atoms with Crippen LogP contribution in [0.1, 0.15) is 26.7 Å². The molecule has 1 saturated heterocycles. The second-order valence-electron chi connectivity index (χ2n) is 5.04. The van der Waals surface area contributed by atoms with Crippen molar-refractivity contribution in [2.45, 2.75) is 32.7 Å². The number of rotatable bonds is 5. The van der Waals surface area contributed by atoms with E-state index in [2.05, 4.69) is 5.32 Å². The van der Waals surface area contributed by atoms with Gasteiger partial charge < -0.3 is 5.32 Å². The van der Waals surface area contributed by atoms with Crippen LogP contribution in [0.2, 0.25) is 0 Å². The fourth-order valence-corrected chi connectivity index (χ4v) is 3.80. The molecule has 1 aliphatic rings. The number of nitrogens with zero attached hydrogens (tertiary/aromatic N) is 2. The Kier molecular flexibility index (Phi) is 7.70. The monoisotopic (exact) mass is 299 g/mol. The van der Waals surface area contributed by atoms with Crippen LogP contribution in [0.15, 0.2) is 0 Å². The van der Waals surface area contributed by atoms with Crippen LogP contribution in [-0.4, -0.2) is 56.8 Å². The molecule has 1 rings (SSSR count). The van der Waals surface area contributed by atoms with Gasteiger partial charge in [0.05, 0.1) is 0 Å². The molecule has 0 amide bonds. The highest BCUT2D eigenvalue weighted by Crippen LogP contribution is 2.20. The zero-order valence-electron chi connectivity index (χ0n) is 11.7. The van der Waals surface area contributed by atoms with E-state index in [1.54, 1.807) is 11.4 Å². The Morgan fingerprint density at radius 3 is 2.56 bits per heavy atom. The lowest BCUT2D eigenvalue weighted by atomic mass is 10.00. The molecule has 0 aliphatic carbocycles. The fraction of sp³-hybridized carbons (Fsp3) is 1.00. The summed E-state index contributed by atoms with van der Waals surface area (Å²) >= 11 is 0. The molecular weight excluding hydrogens is 274 g/mol. The first kappa shape index (κ1) is 18.1. The highest BCUT2D eigenvalue weighted by molar-refractivity contribution is 7.86. The molecular formula is C11H26ClN3O2S. The van der Waals surface area contributed by atoms with Crippen LogP contribution in [0, 0.1) is 5.92 Å². The lowest BCUT2D eigenvalue weighted by molar-refractivity contribution is 0.243. The highest BCUT2D eigenvalue weighted by Gasteiger charge is 2.32. The summed E-state index contributed by atoms with van der Waals surface area (Å²) < 4.78 is 27.7. The molecule has 1 aliphatic heterocycles. The molecule has 0 aromatic heterocycles. The Balaban J connectivity index is 0.00000289. The second kappa shape index (κ2) is 7.65. The summed E-state index contributed by atoms with van der Waals surface area (Å²) in [5.74, 6) is 0.434. The van der Waals surface area contributed by atoms with E-state index in [-0.39, 0.29) is 18.4 Å². The third kappa shape index (κ3) is 4.35. The van der Waals surface area contributed by atoms with Crippen molar-refractivity contribution in [2.75, 3.05) is 33.7 Å². The zero-order valence-corrected chi connectivity index (χ0v) is 13.4. The van der Waals surface area contributed by atoms with E-state index in [1.807, 2.05) is 20.9 Å². The van der Waals surface area contributed by atoms with Gasteiger partial charge in [-0.2, -0.15) is 17.0 Å². The van der Waals surface area contributed by atoms with Crippen molar-refractivity contribution in [1.82, 2.24) is 13.9 Å². The molecule has 1 N–H and O–H groups in total. The highest BCUT2D eigenvalue weighted by atomic mass is 35.5. The van der Waals surface area contributed by atoms with Gasteiger partial charge in [-0.15, -0.1) is 12.4 Å². The number of halogens is 1. The lowest BCUT2D eigenvalue weighted by Gasteiger charge is -2.35. The van der Waals surface area contributed by atoms with Gasteiger partial charge in [0.2, 0.25) is 0 Å². The van der Waals surface area contributed by atoms with Crippen molar-refractivity contribution < 1.29 is 8.42 Å². The summed E-state index contributed by atoms with van der Waals surface area (Å²) in [7, 11) is 0.291. The van der Waals surface area contributed by atoms with Crippen LogP contribution in [0.25, 0.3) is 0 Å². The van der Waals surface area contributed by atoms with Gasteiger partial charge in [0, 0.05) is 26.2 Å². The van der Waals surface area contributed by atoms with Crippen LogP contribution >= 0.6 is 12.4 Å². The van der Waals surface area contributed by atoms with Gasteiger partial charge in [-0.3, -0.25) is 0 Å². The molecule has 0 aromatic carbocycles. The van der Waals surface area contributed by atoms with E-state index in [9.17, 15) is 8.42 Å². The van der Waals surface area contributed by atoms with E-state index in [0.29, 0.717) is 19.0 Å². The minimum Gasteiger partial charge on any atom is -0.319 e. The minimum atomic E-state index is -3.27. The van der Waals surface area contributed by atoms with E-state index in [0.717, 1.165) is 19.4 Å². The Labute approximate surface area is 118 Å². The van der Waals surface area contributed by atoms with E-state index >= 15 is 0 Å². The molecule has 1 atom stereocenters. The van der Waals surface area contributed by atoms with E-state index in [4.69, 9.17) is 0 Å². The summed E-state index contributed by atoms with van der Waals surface area (Å²) in [6, 6.07) is 0.00433. The maximum Gasteiger partial charge on any atom is 0.281 e. The first-order chi connectivity index (χ1) is 7.89. The van der Waals surface area contributed by atoms with Crippen LogP contribution in [0.5, 0.6) is 0 Å². The van der Waals surface area contributed by atoms with Crippen LogP contribution < -0.4 is 5.32 Å². The Bertz CT molecular complexity index is 333. The Morgan fingerprint density at radius 1 is 1.44 bits per heavy atom. The topological polar surface area (TPSA) is 52.7 Å². The fourth-order valence-electron chi connectivity index (χ4n) is 2.14. The van der Waals surface area contributed by atoms with Gasteiger partial charge in [0.15, 0.2) is 0 Å². The summed E-state index contributed by atoms with van der Waals surface area (Å²) in [6.45, 7) is 5.97. The van der Waals surface area contributed by atoms with Crippen LogP contribution in [-0.2, 0) is 10.2 Å². The Hall–Kier alpha value is 0.120. The summed E-state index contributed by atoms with van der Waals surface area (Å²) in [5.41, 5.74) is 0. The molecule has 110 valence electrons. The maximum atomic E-state index is 12.3. The molecule has 0 aromatic rings. The van der Waals surface area contributed by atoms with Crippen molar-refractivity contribution in [2.24, 2.45) is 5.92 Å². The third-order valence-electron chi connectivity index (χ3n) is 3.39. The number of nitrogens with one attached hydrogen (secondary N) is 1. The molecule has 5 nitrogen and oxygen atoms in total. The largest absolute Gasteiger partial charge is 0.319 e. The van der Waals surface area contributed by atoms with Crippen molar-refractivity contribution in [3.8, 4) is 0 Å². The quantitative estimate of drug-likeness (QED) is 0.821. The van der Waals surface area contributed by atoms with E-state index in [1.165, 1.54) is 4.31 Å². The number of hydrogen-bond donors (Lipinski definition) is 1. The normalized spacial score (nSPS) is 22.2. The average molecular weight is 300 g/mol. The molecule has 18 heavy (non-hydrogen) atoms. The number of hydrogen-bond acceptors (Lipinski definition) is 3. The predicted molar refractivity (Wildman–Crippen MR) is 77.3 cm³/mol. The molecule has 1 heterocycles. The smallest absolute Gasteiger partial charge is 0.281 e. The third-order valence-corrected chi connectivity index (χ3v) is 5.53. The average Bonchev–Trinajstić information content (AvgIpc) is 2.28. The molecule has 0 radical (unpaired) electrons. The molecule has 0 spiro atoms. The first-order valence-corrected chi connectivity index (χ1v) is 7.67. The van der Waals surface area contributed by atoms with Gasteiger partial charge in [-0.25, -0.2) is 0 Å². The van der Waals surface area contributed by atoms with Gasteiger partial charge in [-0.05, 0) is 46.2 Å². The molecule has 1 fully saturated rings. The van der Waals surface area contributed by atoms with E-state index < -0.39 is 10.2 Å². The first-order valence-electron chi connectivity index (χ1n) is 6.27. The van der Waals surface area contributed by atoms with Gasteiger partial charge in [-0.1, -0.05) is 0 Å². The summed E-state index contributed by atoms with van der Waals surface area (Å²) in [5, 5.41) is 3.13. The summed E-state index contributed by atoms with van der Waals surface area (Å²) in [6.07, 6.45) is 2.07. The van der Waals surface area contributed by atoms with Crippen molar-refractivity contribution in [3.05, 3.63) is 0 Å². The SMILES string of the molecule is CNCC1CCCN(S(=O)(=O)N(C)C(C)C)C1.Cl. The van der Waals surface area contributed by atoms with Crippen molar-refractivity contribution in [1.29, 1.82) is 0 Å². The second-order valence-corrected chi connectivity index (χ2v) is 7.03. The number of piperidine rings is 1. The zero-order chi connectivity index (χ0) is 13.1. The van der Waals surface area contributed by atoms with Crippen LogP contribution in [0.3, 0.4) is 0 Å². The minimum absolute atomic E-state index is 0. The van der Waals surface area contributed by atoms with Gasteiger partial charge >= 0.3 is 0 Å². The Morgan fingerprint density at radius 2 is 2.06 bits per heavy atom. The standard InChI is InChI=1S/C11H25N3O2S.ClH/c1-10(2)13(4)17(15,16)14-7-5-6-11(9-14)8-12-3;/h10-12H,5-9H2,1-4H3;1H. The molecule has 0 bridgehead atoms. The maximum absolute atomic E-state index is 12.3. The lowest BCUT2D eigenvalue weighted by Crippen LogP contribution is -2.49. The van der Waals surface area contributed by atoms with Crippen molar-refractivity contribution >= 4 is 22.6 Å². The molecule has 0 saturated carbocycles.